The Hall–Kier alpha value is -1.91. The summed E-state index contributed by atoms with van der Waals surface area (Å²) >= 11 is 0. The summed E-state index contributed by atoms with van der Waals surface area (Å²) < 4.78 is 0. The summed E-state index contributed by atoms with van der Waals surface area (Å²) in [7, 11) is 0. The van der Waals surface area contributed by atoms with Crippen LogP contribution in [0.25, 0.3) is 0 Å². The van der Waals surface area contributed by atoms with E-state index >= 15 is 0 Å². The molecule has 1 N–H and O–H groups in total. The van der Waals surface area contributed by atoms with Gasteiger partial charge >= 0.3 is 0 Å². The van der Waals surface area contributed by atoms with Crippen molar-refractivity contribution in [3.63, 3.8) is 0 Å². The van der Waals surface area contributed by atoms with Crippen molar-refractivity contribution in [2.75, 3.05) is 37.6 Å². The van der Waals surface area contributed by atoms with E-state index in [1.165, 1.54) is 16.9 Å². The van der Waals surface area contributed by atoms with Crippen LogP contribution in [0.3, 0.4) is 0 Å². The van der Waals surface area contributed by atoms with Crippen LogP contribution in [-0.4, -0.2) is 42.6 Å². The van der Waals surface area contributed by atoms with Crippen molar-refractivity contribution in [3.05, 3.63) is 59.4 Å². The standard InChI is InChI=1S/C19H24N4/c1-2-8-21-17(5-1)15-22-10-12-23(13-11-22)19-6-3-4-16-14-20-9-7-18(16)19/h1-6,8,20H,7,9-15H2. The van der Waals surface area contributed by atoms with E-state index in [1.54, 1.807) is 5.56 Å². The topological polar surface area (TPSA) is 31.4 Å². The summed E-state index contributed by atoms with van der Waals surface area (Å²) in [4.78, 5) is 9.52. The first-order valence-electron chi connectivity index (χ1n) is 8.59. The lowest BCUT2D eigenvalue weighted by atomic mass is 9.98. The van der Waals surface area contributed by atoms with Crippen LogP contribution < -0.4 is 10.2 Å². The predicted octanol–water partition coefficient (Wildman–Crippen LogP) is 2.05. The number of hydrogen-bond donors (Lipinski definition) is 1. The largest absolute Gasteiger partial charge is 0.369 e. The zero-order valence-corrected chi connectivity index (χ0v) is 13.5. The lowest BCUT2D eigenvalue weighted by Gasteiger charge is -2.37. The van der Waals surface area contributed by atoms with E-state index in [0.717, 1.165) is 52.2 Å². The quantitative estimate of drug-likeness (QED) is 0.940. The van der Waals surface area contributed by atoms with Gasteiger partial charge in [-0.05, 0) is 42.3 Å². The molecular weight excluding hydrogens is 284 g/mol. The maximum Gasteiger partial charge on any atom is 0.0543 e. The molecule has 0 unspecified atom stereocenters. The van der Waals surface area contributed by atoms with Gasteiger partial charge in [0.15, 0.2) is 0 Å². The van der Waals surface area contributed by atoms with Gasteiger partial charge in [0.25, 0.3) is 0 Å². The molecule has 4 nitrogen and oxygen atoms in total. The van der Waals surface area contributed by atoms with Crippen molar-refractivity contribution in [2.45, 2.75) is 19.5 Å². The van der Waals surface area contributed by atoms with E-state index in [-0.39, 0.29) is 0 Å². The van der Waals surface area contributed by atoms with Gasteiger partial charge in [-0.3, -0.25) is 9.88 Å². The Morgan fingerprint density at radius 1 is 1.00 bits per heavy atom. The monoisotopic (exact) mass is 308 g/mol. The third-order valence-corrected chi connectivity index (χ3v) is 4.94. The second-order valence-corrected chi connectivity index (χ2v) is 6.43. The number of anilines is 1. The van der Waals surface area contributed by atoms with Gasteiger partial charge < -0.3 is 10.2 Å². The minimum Gasteiger partial charge on any atom is -0.369 e. The fraction of sp³-hybridized carbons (Fsp3) is 0.421. The zero-order valence-electron chi connectivity index (χ0n) is 13.5. The first kappa shape index (κ1) is 14.7. The molecule has 1 saturated heterocycles. The minimum atomic E-state index is 0.964. The summed E-state index contributed by atoms with van der Waals surface area (Å²) in [6, 6.07) is 13.0. The van der Waals surface area contributed by atoms with Crippen molar-refractivity contribution in [2.24, 2.45) is 0 Å². The number of aromatic nitrogens is 1. The molecule has 2 aliphatic rings. The number of fused-ring (bicyclic) bond motifs is 1. The van der Waals surface area contributed by atoms with Crippen LogP contribution in [-0.2, 0) is 19.5 Å². The van der Waals surface area contributed by atoms with Crippen LogP contribution in [0, 0.1) is 0 Å². The van der Waals surface area contributed by atoms with Gasteiger partial charge in [0.2, 0.25) is 0 Å². The fourth-order valence-corrected chi connectivity index (χ4v) is 3.68. The second-order valence-electron chi connectivity index (χ2n) is 6.43. The normalized spacial score (nSPS) is 18.7. The summed E-state index contributed by atoms with van der Waals surface area (Å²) in [6.45, 7) is 7.52. The van der Waals surface area contributed by atoms with E-state index in [4.69, 9.17) is 0 Å². The average Bonchev–Trinajstić information content (AvgIpc) is 2.63. The number of piperazine rings is 1. The van der Waals surface area contributed by atoms with Gasteiger partial charge in [0.05, 0.1) is 5.69 Å². The van der Waals surface area contributed by atoms with Crippen molar-refractivity contribution in [3.8, 4) is 0 Å². The summed E-state index contributed by atoms with van der Waals surface area (Å²) in [5.41, 5.74) is 5.67. The number of nitrogens with zero attached hydrogens (tertiary/aromatic N) is 3. The molecule has 23 heavy (non-hydrogen) atoms. The number of hydrogen-bond acceptors (Lipinski definition) is 4. The Kier molecular flexibility index (Phi) is 4.26. The molecule has 1 aromatic carbocycles. The number of nitrogens with one attached hydrogen (secondary N) is 1. The second kappa shape index (κ2) is 6.69. The van der Waals surface area contributed by atoms with Crippen LogP contribution in [0.1, 0.15) is 16.8 Å². The SMILES string of the molecule is c1ccc(CN2CCN(c3cccc4c3CCNC4)CC2)nc1. The Morgan fingerprint density at radius 2 is 1.91 bits per heavy atom. The molecule has 4 rings (SSSR count). The molecule has 3 heterocycles. The molecule has 2 aromatic rings. The highest BCUT2D eigenvalue weighted by atomic mass is 15.3. The van der Waals surface area contributed by atoms with Gasteiger partial charge in [0.1, 0.15) is 0 Å². The highest BCUT2D eigenvalue weighted by Gasteiger charge is 2.21. The number of pyridine rings is 1. The molecule has 0 atom stereocenters. The third kappa shape index (κ3) is 3.23. The highest BCUT2D eigenvalue weighted by molar-refractivity contribution is 5.58. The van der Waals surface area contributed by atoms with Gasteiger partial charge in [-0.15, -0.1) is 0 Å². The summed E-state index contributed by atoms with van der Waals surface area (Å²) in [6.07, 6.45) is 3.04. The summed E-state index contributed by atoms with van der Waals surface area (Å²) in [5, 5.41) is 3.47. The maximum absolute atomic E-state index is 4.45. The van der Waals surface area contributed by atoms with Gasteiger partial charge in [0, 0.05) is 51.2 Å². The minimum absolute atomic E-state index is 0.964. The maximum atomic E-state index is 4.45. The van der Waals surface area contributed by atoms with E-state index in [9.17, 15) is 0 Å². The third-order valence-electron chi connectivity index (χ3n) is 4.94. The van der Waals surface area contributed by atoms with Crippen molar-refractivity contribution < 1.29 is 0 Å². The molecule has 2 aliphatic heterocycles. The smallest absolute Gasteiger partial charge is 0.0543 e. The molecule has 0 saturated carbocycles. The molecule has 0 spiro atoms. The van der Waals surface area contributed by atoms with Crippen LogP contribution in [0.5, 0.6) is 0 Å². The van der Waals surface area contributed by atoms with Crippen LogP contribution in [0.4, 0.5) is 5.69 Å². The number of benzene rings is 1. The Balaban J connectivity index is 1.42. The fourth-order valence-electron chi connectivity index (χ4n) is 3.68. The van der Waals surface area contributed by atoms with Gasteiger partial charge in [-0.2, -0.15) is 0 Å². The predicted molar refractivity (Wildman–Crippen MR) is 93.6 cm³/mol. The lowest BCUT2D eigenvalue weighted by molar-refractivity contribution is 0.247. The molecule has 0 bridgehead atoms. The molecule has 1 fully saturated rings. The molecule has 120 valence electrons. The highest BCUT2D eigenvalue weighted by Crippen LogP contribution is 2.27. The van der Waals surface area contributed by atoms with Crippen molar-refractivity contribution >= 4 is 5.69 Å². The van der Waals surface area contributed by atoms with Crippen LogP contribution in [0.15, 0.2) is 42.6 Å². The summed E-state index contributed by atoms with van der Waals surface area (Å²) in [5.74, 6) is 0. The first-order chi connectivity index (χ1) is 11.4. The van der Waals surface area contributed by atoms with Gasteiger partial charge in [-0.25, -0.2) is 0 Å². The Labute approximate surface area is 138 Å². The molecule has 0 amide bonds. The van der Waals surface area contributed by atoms with E-state index < -0.39 is 0 Å². The van der Waals surface area contributed by atoms with Crippen molar-refractivity contribution in [1.82, 2.24) is 15.2 Å². The van der Waals surface area contributed by atoms with Crippen molar-refractivity contribution in [1.29, 1.82) is 0 Å². The lowest BCUT2D eigenvalue weighted by Crippen LogP contribution is -2.46. The first-order valence-corrected chi connectivity index (χ1v) is 8.59. The Morgan fingerprint density at radius 3 is 2.74 bits per heavy atom. The molecule has 4 heteroatoms. The van der Waals surface area contributed by atoms with E-state index in [0.29, 0.717) is 0 Å². The van der Waals surface area contributed by atoms with E-state index in [1.807, 2.05) is 12.3 Å². The molecule has 0 aliphatic carbocycles. The van der Waals surface area contributed by atoms with Gasteiger partial charge in [-0.1, -0.05) is 18.2 Å². The van der Waals surface area contributed by atoms with Crippen LogP contribution in [0.2, 0.25) is 0 Å². The Bertz CT molecular complexity index is 648. The average molecular weight is 308 g/mol. The number of rotatable bonds is 3. The van der Waals surface area contributed by atoms with Crippen LogP contribution >= 0.6 is 0 Å². The molecular formula is C19H24N4. The molecule has 1 aromatic heterocycles. The zero-order chi connectivity index (χ0) is 15.5. The van der Waals surface area contributed by atoms with E-state index in [2.05, 4.69) is 50.4 Å². The molecule has 0 radical (unpaired) electrons.